The zero-order chi connectivity index (χ0) is 18.2. The van der Waals surface area contributed by atoms with Gasteiger partial charge in [-0.05, 0) is 23.3 Å². The largest absolute Gasteiger partial charge is 0.493 e. The molecule has 2 aromatic rings. The Kier molecular flexibility index (Phi) is 6.39. The van der Waals surface area contributed by atoms with E-state index in [1.165, 1.54) is 14.0 Å². The first-order valence-electron chi connectivity index (χ1n) is 7.83. The van der Waals surface area contributed by atoms with Gasteiger partial charge in [-0.3, -0.25) is 4.79 Å². The Balaban J connectivity index is 2.09. The van der Waals surface area contributed by atoms with Crippen LogP contribution in [0.5, 0.6) is 11.5 Å². The van der Waals surface area contributed by atoms with E-state index in [2.05, 4.69) is 5.32 Å². The van der Waals surface area contributed by atoms with Crippen molar-refractivity contribution < 1.29 is 24.2 Å². The van der Waals surface area contributed by atoms with Crippen LogP contribution in [0.1, 0.15) is 18.1 Å². The summed E-state index contributed by atoms with van der Waals surface area (Å²) < 4.78 is 11.1. The summed E-state index contributed by atoms with van der Waals surface area (Å²) in [5.41, 5.74) is 1.76. The summed E-state index contributed by atoms with van der Waals surface area (Å²) in [5, 5.41) is 11.6. The van der Waals surface area contributed by atoms with Crippen LogP contribution in [0.4, 0.5) is 0 Å². The standard InChI is InChI=1S/C19H21NO5/c1-13(21)20-16(19(22)23)10-15-8-9-17(18(11-15)24-2)25-12-14-6-4-3-5-7-14/h3-9,11,16H,10,12H2,1-2H3,(H,20,21)(H,22,23). The molecule has 2 aromatic carbocycles. The number of ether oxygens (including phenoxy) is 2. The molecule has 0 saturated carbocycles. The van der Waals surface area contributed by atoms with E-state index in [1.807, 2.05) is 30.3 Å². The molecule has 0 radical (unpaired) electrons. The first-order chi connectivity index (χ1) is 12.0. The number of amides is 1. The molecule has 0 aliphatic rings. The molecule has 1 unspecified atom stereocenters. The molecule has 1 atom stereocenters. The lowest BCUT2D eigenvalue weighted by atomic mass is 10.1. The van der Waals surface area contributed by atoms with Gasteiger partial charge in [-0.2, -0.15) is 0 Å². The number of hydrogen-bond donors (Lipinski definition) is 2. The van der Waals surface area contributed by atoms with E-state index in [9.17, 15) is 14.7 Å². The number of carboxylic acid groups (broad SMARTS) is 1. The van der Waals surface area contributed by atoms with Gasteiger partial charge in [0.05, 0.1) is 7.11 Å². The number of methoxy groups -OCH3 is 1. The number of benzene rings is 2. The summed E-state index contributed by atoms with van der Waals surface area (Å²) >= 11 is 0. The molecule has 132 valence electrons. The summed E-state index contributed by atoms with van der Waals surface area (Å²) in [7, 11) is 1.52. The highest BCUT2D eigenvalue weighted by Gasteiger charge is 2.19. The lowest BCUT2D eigenvalue weighted by Gasteiger charge is -2.15. The van der Waals surface area contributed by atoms with E-state index < -0.39 is 12.0 Å². The predicted molar refractivity (Wildman–Crippen MR) is 92.7 cm³/mol. The number of nitrogens with one attached hydrogen (secondary N) is 1. The maximum Gasteiger partial charge on any atom is 0.326 e. The topological polar surface area (TPSA) is 84.9 Å². The average Bonchev–Trinajstić information content (AvgIpc) is 2.60. The lowest BCUT2D eigenvalue weighted by Crippen LogP contribution is -2.41. The maximum absolute atomic E-state index is 11.2. The smallest absolute Gasteiger partial charge is 0.326 e. The minimum atomic E-state index is -1.08. The maximum atomic E-state index is 11.2. The van der Waals surface area contributed by atoms with Gasteiger partial charge < -0.3 is 19.9 Å². The Morgan fingerprint density at radius 1 is 1.08 bits per heavy atom. The number of carboxylic acids is 1. The van der Waals surface area contributed by atoms with Crippen molar-refractivity contribution in [2.75, 3.05) is 7.11 Å². The third-order valence-electron chi connectivity index (χ3n) is 3.58. The molecular formula is C19H21NO5. The molecule has 6 nitrogen and oxygen atoms in total. The molecule has 0 saturated heterocycles. The quantitative estimate of drug-likeness (QED) is 0.769. The van der Waals surface area contributed by atoms with Crippen LogP contribution < -0.4 is 14.8 Å². The number of rotatable bonds is 8. The molecule has 0 aliphatic carbocycles. The van der Waals surface area contributed by atoms with Crippen molar-refractivity contribution in [3.63, 3.8) is 0 Å². The van der Waals surface area contributed by atoms with Crippen LogP contribution in [0.15, 0.2) is 48.5 Å². The monoisotopic (exact) mass is 343 g/mol. The van der Waals surface area contributed by atoms with Gasteiger partial charge in [-0.1, -0.05) is 36.4 Å². The second-order valence-corrected chi connectivity index (χ2v) is 5.55. The second kappa shape index (κ2) is 8.73. The van der Waals surface area contributed by atoms with Crippen LogP contribution in [0.3, 0.4) is 0 Å². The van der Waals surface area contributed by atoms with E-state index in [4.69, 9.17) is 9.47 Å². The van der Waals surface area contributed by atoms with E-state index in [0.29, 0.717) is 18.1 Å². The number of hydrogen-bond acceptors (Lipinski definition) is 4. The summed E-state index contributed by atoms with van der Waals surface area (Å²) in [6.07, 6.45) is 0.157. The Labute approximate surface area is 146 Å². The molecule has 1 amide bonds. The molecule has 0 bridgehead atoms. The van der Waals surface area contributed by atoms with Crippen LogP contribution in [-0.2, 0) is 22.6 Å². The van der Waals surface area contributed by atoms with Crippen molar-refractivity contribution >= 4 is 11.9 Å². The van der Waals surface area contributed by atoms with Crippen LogP contribution in [0, 0.1) is 0 Å². The molecule has 25 heavy (non-hydrogen) atoms. The number of aliphatic carboxylic acids is 1. The Morgan fingerprint density at radius 2 is 1.80 bits per heavy atom. The third kappa shape index (κ3) is 5.53. The molecule has 0 spiro atoms. The molecule has 0 aliphatic heterocycles. The highest BCUT2D eigenvalue weighted by Crippen LogP contribution is 2.29. The minimum Gasteiger partial charge on any atom is -0.493 e. The van der Waals surface area contributed by atoms with Gasteiger partial charge in [-0.15, -0.1) is 0 Å². The summed E-state index contributed by atoms with van der Waals surface area (Å²) in [6, 6.07) is 14.0. The summed E-state index contributed by atoms with van der Waals surface area (Å²) in [6.45, 7) is 1.69. The first-order valence-corrected chi connectivity index (χ1v) is 7.83. The molecule has 0 fully saturated rings. The van der Waals surface area contributed by atoms with Gasteiger partial charge in [0, 0.05) is 13.3 Å². The number of carbonyl (C=O) groups is 2. The van der Waals surface area contributed by atoms with Crippen LogP contribution >= 0.6 is 0 Å². The fraction of sp³-hybridized carbons (Fsp3) is 0.263. The van der Waals surface area contributed by atoms with Crippen LogP contribution in [0.2, 0.25) is 0 Å². The fourth-order valence-electron chi connectivity index (χ4n) is 2.37. The molecule has 2 N–H and O–H groups in total. The zero-order valence-electron chi connectivity index (χ0n) is 14.2. The molecular weight excluding hydrogens is 322 g/mol. The average molecular weight is 343 g/mol. The zero-order valence-corrected chi connectivity index (χ0v) is 14.2. The van der Waals surface area contributed by atoms with Crippen molar-refractivity contribution in [3.8, 4) is 11.5 Å². The molecule has 0 heterocycles. The normalized spacial score (nSPS) is 11.4. The third-order valence-corrected chi connectivity index (χ3v) is 3.58. The molecule has 6 heteroatoms. The second-order valence-electron chi connectivity index (χ2n) is 5.55. The van der Waals surface area contributed by atoms with Crippen molar-refractivity contribution in [2.24, 2.45) is 0 Å². The fourth-order valence-corrected chi connectivity index (χ4v) is 2.37. The van der Waals surface area contributed by atoms with Crippen molar-refractivity contribution in [2.45, 2.75) is 26.0 Å². The van der Waals surface area contributed by atoms with Gasteiger partial charge in [0.25, 0.3) is 0 Å². The highest BCUT2D eigenvalue weighted by molar-refractivity contribution is 5.82. The van der Waals surface area contributed by atoms with Crippen LogP contribution in [-0.4, -0.2) is 30.1 Å². The Hall–Kier alpha value is -3.02. The van der Waals surface area contributed by atoms with Crippen LogP contribution in [0.25, 0.3) is 0 Å². The molecule has 0 aromatic heterocycles. The summed E-state index contributed by atoms with van der Waals surface area (Å²) in [5.74, 6) is -0.386. The van der Waals surface area contributed by atoms with Gasteiger partial charge in [0.15, 0.2) is 11.5 Å². The highest BCUT2D eigenvalue weighted by atomic mass is 16.5. The first kappa shape index (κ1) is 18.3. The van der Waals surface area contributed by atoms with Crippen molar-refractivity contribution in [3.05, 3.63) is 59.7 Å². The summed E-state index contributed by atoms with van der Waals surface area (Å²) in [4.78, 5) is 22.4. The van der Waals surface area contributed by atoms with Gasteiger partial charge in [-0.25, -0.2) is 4.79 Å². The Morgan fingerprint density at radius 3 is 2.40 bits per heavy atom. The van der Waals surface area contributed by atoms with Crippen molar-refractivity contribution in [1.29, 1.82) is 0 Å². The van der Waals surface area contributed by atoms with E-state index in [1.54, 1.807) is 18.2 Å². The van der Waals surface area contributed by atoms with E-state index in [0.717, 1.165) is 11.1 Å². The Bertz CT molecular complexity index is 730. The molecule has 2 rings (SSSR count). The van der Waals surface area contributed by atoms with E-state index in [-0.39, 0.29) is 12.3 Å². The predicted octanol–water partition coefficient (Wildman–Crippen LogP) is 2.41. The van der Waals surface area contributed by atoms with Gasteiger partial charge >= 0.3 is 5.97 Å². The SMILES string of the molecule is COc1cc(CC(NC(C)=O)C(=O)O)ccc1OCc1ccccc1. The lowest BCUT2D eigenvalue weighted by molar-refractivity contribution is -0.141. The van der Waals surface area contributed by atoms with Gasteiger partial charge in [0.2, 0.25) is 5.91 Å². The van der Waals surface area contributed by atoms with Crippen molar-refractivity contribution in [1.82, 2.24) is 5.32 Å². The van der Waals surface area contributed by atoms with Gasteiger partial charge in [0.1, 0.15) is 12.6 Å². The minimum absolute atomic E-state index is 0.157. The number of carbonyl (C=O) groups excluding carboxylic acids is 1. The van der Waals surface area contributed by atoms with E-state index >= 15 is 0 Å².